The van der Waals surface area contributed by atoms with E-state index >= 15 is 0 Å². The average molecular weight is 250 g/mol. The highest BCUT2D eigenvalue weighted by Crippen LogP contribution is 2.52. The Hall–Kier alpha value is 0. The zero-order valence-electron chi connectivity index (χ0n) is 13.0. The molecule has 18 heavy (non-hydrogen) atoms. The minimum atomic E-state index is 0.959. The van der Waals surface area contributed by atoms with Gasteiger partial charge in [-0.3, -0.25) is 0 Å². The molecule has 0 spiro atoms. The van der Waals surface area contributed by atoms with Crippen molar-refractivity contribution in [3.63, 3.8) is 0 Å². The first-order chi connectivity index (χ1) is 8.70. The molecule has 0 amide bonds. The molecular formula is C18H34. The number of hydrogen-bond donors (Lipinski definition) is 0. The van der Waals surface area contributed by atoms with Gasteiger partial charge in [-0.15, -0.1) is 0 Å². The third kappa shape index (κ3) is 4.00. The van der Waals surface area contributed by atoms with Crippen LogP contribution in [0.1, 0.15) is 85.0 Å². The maximum absolute atomic E-state index is 2.50. The summed E-state index contributed by atoms with van der Waals surface area (Å²) in [4.78, 5) is 0. The molecule has 5 unspecified atom stereocenters. The third-order valence-corrected chi connectivity index (χ3v) is 6.13. The zero-order valence-corrected chi connectivity index (χ0v) is 13.0. The van der Waals surface area contributed by atoms with Gasteiger partial charge < -0.3 is 0 Å². The molecule has 0 heteroatoms. The SMILES string of the molecule is CC1CCCCCCC2C(C)C2CCCCC1C. The summed E-state index contributed by atoms with van der Waals surface area (Å²) in [5, 5.41) is 0. The second-order valence-electron chi connectivity index (χ2n) is 7.42. The van der Waals surface area contributed by atoms with Gasteiger partial charge in [0.1, 0.15) is 0 Å². The van der Waals surface area contributed by atoms with Gasteiger partial charge in [-0.2, -0.15) is 0 Å². The maximum atomic E-state index is 2.50. The van der Waals surface area contributed by atoms with Crippen LogP contribution in [0.2, 0.25) is 0 Å². The van der Waals surface area contributed by atoms with E-state index in [1.54, 1.807) is 0 Å². The van der Waals surface area contributed by atoms with Crippen LogP contribution in [0.25, 0.3) is 0 Å². The average Bonchev–Trinajstić information content (AvgIpc) is 2.97. The van der Waals surface area contributed by atoms with Crippen LogP contribution >= 0.6 is 0 Å². The molecule has 0 aromatic heterocycles. The Labute approximate surface area is 115 Å². The van der Waals surface area contributed by atoms with Crippen molar-refractivity contribution < 1.29 is 0 Å². The third-order valence-electron chi connectivity index (χ3n) is 6.13. The summed E-state index contributed by atoms with van der Waals surface area (Å²) in [6.45, 7) is 7.47. The van der Waals surface area contributed by atoms with Crippen molar-refractivity contribution in [2.24, 2.45) is 29.6 Å². The molecule has 0 nitrogen and oxygen atoms in total. The summed E-state index contributed by atoms with van der Waals surface area (Å²) >= 11 is 0. The molecule has 0 radical (unpaired) electrons. The van der Waals surface area contributed by atoms with Gasteiger partial charge in [0.05, 0.1) is 0 Å². The van der Waals surface area contributed by atoms with Gasteiger partial charge in [-0.1, -0.05) is 72.1 Å². The highest BCUT2D eigenvalue weighted by molar-refractivity contribution is 4.93. The minimum absolute atomic E-state index is 0.959. The quantitative estimate of drug-likeness (QED) is 0.490. The molecule has 2 fully saturated rings. The lowest BCUT2D eigenvalue weighted by Crippen LogP contribution is -2.08. The first-order valence-corrected chi connectivity index (χ1v) is 8.70. The summed E-state index contributed by atoms with van der Waals surface area (Å²) in [7, 11) is 0. The molecule has 2 aliphatic carbocycles. The molecule has 5 atom stereocenters. The summed E-state index contributed by atoms with van der Waals surface area (Å²) < 4.78 is 0. The van der Waals surface area contributed by atoms with Crippen molar-refractivity contribution in [2.75, 3.05) is 0 Å². The lowest BCUT2D eigenvalue weighted by Gasteiger charge is -2.20. The Morgan fingerprint density at radius 2 is 0.889 bits per heavy atom. The Bertz CT molecular complexity index is 218. The van der Waals surface area contributed by atoms with E-state index in [0.717, 1.165) is 29.6 Å². The Kier molecular flexibility index (Phi) is 5.57. The Morgan fingerprint density at radius 1 is 0.500 bits per heavy atom. The van der Waals surface area contributed by atoms with Crippen molar-refractivity contribution in [2.45, 2.75) is 85.0 Å². The molecule has 2 saturated carbocycles. The highest BCUT2D eigenvalue weighted by Gasteiger charge is 2.44. The van der Waals surface area contributed by atoms with E-state index in [2.05, 4.69) is 20.8 Å². The largest absolute Gasteiger partial charge is 0.0623 e. The van der Waals surface area contributed by atoms with Gasteiger partial charge in [-0.05, 0) is 42.4 Å². The van der Waals surface area contributed by atoms with Gasteiger partial charge >= 0.3 is 0 Å². The van der Waals surface area contributed by atoms with Crippen LogP contribution in [0, 0.1) is 29.6 Å². The van der Waals surface area contributed by atoms with Crippen molar-refractivity contribution in [3.05, 3.63) is 0 Å². The molecule has 0 saturated heterocycles. The van der Waals surface area contributed by atoms with Crippen molar-refractivity contribution >= 4 is 0 Å². The van der Waals surface area contributed by atoms with Gasteiger partial charge in [-0.25, -0.2) is 0 Å². The molecule has 0 aromatic rings. The van der Waals surface area contributed by atoms with E-state index in [-0.39, 0.29) is 0 Å². The Balaban J connectivity index is 1.76. The van der Waals surface area contributed by atoms with Crippen LogP contribution in [0.5, 0.6) is 0 Å². The summed E-state index contributed by atoms with van der Waals surface area (Å²) in [6, 6.07) is 0. The van der Waals surface area contributed by atoms with Crippen LogP contribution in [-0.4, -0.2) is 0 Å². The Morgan fingerprint density at radius 3 is 1.44 bits per heavy atom. The summed E-state index contributed by atoms with van der Waals surface area (Å²) in [6.07, 6.45) is 15.0. The van der Waals surface area contributed by atoms with Crippen molar-refractivity contribution in [1.82, 2.24) is 0 Å². The van der Waals surface area contributed by atoms with Gasteiger partial charge in [0, 0.05) is 0 Å². The lowest BCUT2D eigenvalue weighted by molar-refractivity contribution is 0.319. The highest BCUT2D eigenvalue weighted by atomic mass is 14.5. The molecular weight excluding hydrogens is 216 g/mol. The van der Waals surface area contributed by atoms with Crippen LogP contribution in [0.15, 0.2) is 0 Å². The molecule has 0 aromatic carbocycles. The first-order valence-electron chi connectivity index (χ1n) is 8.70. The smallest absolute Gasteiger partial charge is 0.0355 e. The van der Waals surface area contributed by atoms with Crippen molar-refractivity contribution in [3.8, 4) is 0 Å². The van der Waals surface area contributed by atoms with Gasteiger partial charge in [0.15, 0.2) is 0 Å². The van der Waals surface area contributed by atoms with Gasteiger partial charge in [0.25, 0.3) is 0 Å². The summed E-state index contributed by atoms with van der Waals surface area (Å²) in [5.41, 5.74) is 0. The van der Waals surface area contributed by atoms with E-state index in [1.165, 1.54) is 64.2 Å². The van der Waals surface area contributed by atoms with E-state index in [9.17, 15) is 0 Å². The van der Waals surface area contributed by atoms with E-state index in [4.69, 9.17) is 0 Å². The fraction of sp³-hybridized carbons (Fsp3) is 1.00. The van der Waals surface area contributed by atoms with Crippen LogP contribution in [0.3, 0.4) is 0 Å². The zero-order chi connectivity index (χ0) is 13.0. The molecule has 106 valence electrons. The molecule has 2 rings (SSSR count). The molecule has 0 N–H and O–H groups in total. The lowest BCUT2D eigenvalue weighted by atomic mass is 9.86. The molecule has 0 heterocycles. The van der Waals surface area contributed by atoms with Crippen LogP contribution in [0.4, 0.5) is 0 Å². The first kappa shape index (κ1) is 14.4. The fourth-order valence-electron chi connectivity index (χ4n) is 4.21. The van der Waals surface area contributed by atoms with Crippen LogP contribution in [-0.2, 0) is 0 Å². The standard InChI is InChI=1S/C18H34/c1-14-10-6-4-5-7-12-17-16(3)18(17)13-9-8-11-15(14)2/h14-18H,4-13H2,1-3H3. The topological polar surface area (TPSA) is 0 Å². The molecule has 2 aliphatic rings. The van der Waals surface area contributed by atoms with Crippen molar-refractivity contribution in [1.29, 1.82) is 0 Å². The number of fused-ring (bicyclic) bond motifs is 1. The number of rotatable bonds is 0. The maximum Gasteiger partial charge on any atom is -0.0355 e. The fourth-order valence-corrected chi connectivity index (χ4v) is 4.21. The molecule has 0 aliphatic heterocycles. The van der Waals surface area contributed by atoms with E-state index < -0.39 is 0 Å². The van der Waals surface area contributed by atoms with E-state index in [1.807, 2.05) is 0 Å². The van der Waals surface area contributed by atoms with E-state index in [0.29, 0.717) is 0 Å². The second-order valence-corrected chi connectivity index (χ2v) is 7.42. The number of hydrogen-bond acceptors (Lipinski definition) is 0. The molecule has 0 bridgehead atoms. The predicted octanol–water partition coefficient (Wildman–Crippen LogP) is 6.06. The summed E-state index contributed by atoms with van der Waals surface area (Å²) in [5.74, 6) is 5.21. The normalized spacial score (nSPS) is 43.8. The predicted molar refractivity (Wildman–Crippen MR) is 80.6 cm³/mol. The second kappa shape index (κ2) is 6.96. The minimum Gasteiger partial charge on any atom is -0.0623 e. The monoisotopic (exact) mass is 250 g/mol. The van der Waals surface area contributed by atoms with Gasteiger partial charge in [0.2, 0.25) is 0 Å². The van der Waals surface area contributed by atoms with Crippen LogP contribution < -0.4 is 0 Å².